The molecule has 1 aromatic carbocycles. The second kappa shape index (κ2) is 9.39. The molecule has 1 unspecified atom stereocenters. The number of hydrogen-bond acceptors (Lipinski definition) is 5. The van der Waals surface area contributed by atoms with Crippen molar-refractivity contribution in [3.8, 4) is 0 Å². The summed E-state index contributed by atoms with van der Waals surface area (Å²) in [6, 6.07) is 7.81. The number of hydrazone groups is 1. The van der Waals surface area contributed by atoms with Crippen LogP contribution in [-0.4, -0.2) is 57.0 Å². The molecule has 2 fully saturated rings. The largest absolute Gasteiger partial charge is 0.368 e. The van der Waals surface area contributed by atoms with Crippen molar-refractivity contribution in [2.45, 2.75) is 18.8 Å². The summed E-state index contributed by atoms with van der Waals surface area (Å²) in [5.74, 6) is -3.21. The van der Waals surface area contributed by atoms with Crippen molar-refractivity contribution in [1.29, 1.82) is 0 Å². The first kappa shape index (κ1) is 21.3. The van der Waals surface area contributed by atoms with Crippen LogP contribution in [0.3, 0.4) is 0 Å². The topological polar surface area (TPSA) is 43.2 Å². The Morgan fingerprint density at radius 1 is 1.31 bits per heavy atom. The molecule has 0 bridgehead atoms. The van der Waals surface area contributed by atoms with Gasteiger partial charge in [0.2, 0.25) is 0 Å². The molecule has 1 aliphatic heterocycles. The van der Waals surface area contributed by atoms with E-state index in [0.717, 1.165) is 42.6 Å². The predicted molar refractivity (Wildman–Crippen MR) is 116 cm³/mol. The second-order valence-electron chi connectivity index (χ2n) is 7.23. The third-order valence-electron chi connectivity index (χ3n) is 5.20. The average molecular weight is 422 g/mol. The lowest BCUT2D eigenvalue weighted by atomic mass is 10.1. The van der Waals surface area contributed by atoms with Crippen LogP contribution in [0.2, 0.25) is 5.02 Å². The van der Waals surface area contributed by atoms with Gasteiger partial charge in [-0.25, -0.2) is 8.78 Å². The first-order valence-corrected chi connectivity index (χ1v) is 9.99. The molecule has 1 aliphatic carbocycles. The number of rotatable bonds is 8. The Bertz CT molecular complexity index is 813. The third-order valence-corrected chi connectivity index (χ3v) is 5.52. The molecule has 3 rings (SSSR count). The Morgan fingerprint density at radius 2 is 2.00 bits per heavy atom. The van der Waals surface area contributed by atoms with Crippen LogP contribution in [-0.2, 0) is 0 Å². The van der Waals surface area contributed by atoms with Crippen molar-refractivity contribution in [2.24, 2.45) is 16.0 Å². The summed E-state index contributed by atoms with van der Waals surface area (Å²) in [6.07, 6.45) is 5.63. The highest BCUT2D eigenvalue weighted by Gasteiger charge is 2.56. The summed E-state index contributed by atoms with van der Waals surface area (Å²) < 4.78 is 26.7. The number of anilines is 1. The fraction of sp³-hybridized carbons (Fsp3) is 0.429. The highest BCUT2D eigenvalue weighted by molar-refractivity contribution is 6.33. The number of nitrogens with zero attached hydrogens (tertiary/aromatic N) is 4. The second-order valence-corrected chi connectivity index (χ2v) is 7.64. The lowest BCUT2D eigenvalue weighted by molar-refractivity contribution is 0.0985. The molecule has 1 atom stereocenters. The van der Waals surface area contributed by atoms with Crippen LogP contribution >= 0.6 is 11.6 Å². The van der Waals surface area contributed by atoms with Crippen LogP contribution in [0.5, 0.6) is 0 Å². The summed E-state index contributed by atoms with van der Waals surface area (Å²) in [4.78, 5) is 8.50. The van der Waals surface area contributed by atoms with Gasteiger partial charge in [-0.3, -0.25) is 10.4 Å². The van der Waals surface area contributed by atoms with Gasteiger partial charge in [0.1, 0.15) is 0 Å². The number of nitrogens with one attached hydrogen (secondary N) is 1. The zero-order chi connectivity index (χ0) is 20.9. The highest BCUT2D eigenvalue weighted by Crippen LogP contribution is 2.51. The Balaban J connectivity index is 1.72. The molecule has 5 nitrogen and oxygen atoms in total. The van der Waals surface area contributed by atoms with E-state index in [4.69, 9.17) is 11.6 Å². The SMILES string of the molecule is C=NNC(=CC(=CC=NC)N1CCN(c2ccccc2Cl)CC1)CC1CC1(F)F. The minimum Gasteiger partial charge on any atom is -0.368 e. The monoisotopic (exact) mass is 421 g/mol. The third kappa shape index (κ3) is 5.56. The Hall–Kier alpha value is -2.41. The molecular weight excluding hydrogens is 396 g/mol. The van der Waals surface area contributed by atoms with E-state index in [-0.39, 0.29) is 12.8 Å². The fourth-order valence-corrected chi connectivity index (χ4v) is 3.74. The van der Waals surface area contributed by atoms with Crippen LogP contribution in [0.15, 0.2) is 57.9 Å². The maximum absolute atomic E-state index is 13.4. The molecule has 1 aromatic rings. The molecule has 0 aromatic heterocycles. The van der Waals surface area contributed by atoms with Gasteiger partial charge in [0.25, 0.3) is 5.92 Å². The Morgan fingerprint density at radius 3 is 2.59 bits per heavy atom. The van der Waals surface area contributed by atoms with Crippen LogP contribution in [0.4, 0.5) is 14.5 Å². The number of para-hydroxylation sites is 1. The van der Waals surface area contributed by atoms with Crippen molar-refractivity contribution < 1.29 is 8.78 Å². The van der Waals surface area contributed by atoms with E-state index in [9.17, 15) is 8.78 Å². The Kier molecular flexibility index (Phi) is 6.90. The van der Waals surface area contributed by atoms with Gasteiger partial charge < -0.3 is 9.80 Å². The minimum atomic E-state index is -2.57. The summed E-state index contributed by atoms with van der Waals surface area (Å²) >= 11 is 6.33. The number of hydrogen-bond donors (Lipinski definition) is 1. The number of alkyl halides is 2. The van der Waals surface area contributed by atoms with E-state index in [1.165, 1.54) is 0 Å². The molecule has 1 saturated heterocycles. The van der Waals surface area contributed by atoms with Crippen molar-refractivity contribution >= 4 is 30.2 Å². The molecule has 156 valence electrons. The first-order chi connectivity index (χ1) is 13.9. The van der Waals surface area contributed by atoms with Crippen molar-refractivity contribution in [3.63, 3.8) is 0 Å². The van der Waals surface area contributed by atoms with Gasteiger partial charge in [0, 0.05) is 69.9 Å². The lowest BCUT2D eigenvalue weighted by Crippen LogP contribution is -2.45. The molecule has 2 aliphatic rings. The van der Waals surface area contributed by atoms with Gasteiger partial charge in [-0.2, -0.15) is 5.10 Å². The summed E-state index contributed by atoms with van der Waals surface area (Å²) in [6.45, 7) is 6.60. The van der Waals surface area contributed by atoms with Crippen molar-refractivity contribution in [1.82, 2.24) is 10.3 Å². The Labute approximate surface area is 175 Å². The molecule has 0 spiro atoms. The van der Waals surface area contributed by atoms with Crippen LogP contribution in [0, 0.1) is 5.92 Å². The number of allylic oxidation sites excluding steroid dienone is 3. The smallest absolute Gasteiger partial charge is 0.252 e. The van der Waals surface area contributed by atoms with Crippen molar-refractivity contribution in [2.75, 3.05) is 38.1 Å². The lowest BCUT2D eigenvalue weighted by Gasteiger charge is -2.38. The van der Waals surface area contributed by atoms with Gasteiger partial charge in [-0.15, -0.1) is 0 Å². The summed E-state index contributed by atoms with van der Waals surface area (Å²) in [5, 5.41) is 4.43. The quantitative estimate of drug-likeness (QED) is 0.389. The van der Waals surface area contributed by atoms with Crippen LogP contribution in [0.25, 0.3) is 0 Å². The molecule has 1 N–H and O–H groups in total. The van der Waals surface area contributed by atoms with E-state index in [1.54, 1.807) is 13.3 Å². The zero-order valence-electron chi connectivity index (χ0n) is 16.5. The molecule has 1 saturated carbocycles. The van der Waals surface area contributed by atoms with Gasteiger partial charge >= 0.3 is 0 Å². The van der Waals surface area contributed by atoms with E-state index in [0.29, 0.717) is 5.70 Å². The average Bonchev–Trinajstić information content (AvgIpc) is 3.31. The number of piperazine rings is 1. The molecule has 29 heavy (non-hydrogen) atoms. The minimum absolute atomic E-state index is 0.0743. The number of aliphatic imine (C=N–C) groups is 1. The molecule has 1 heterocycles. The van der Waals surface area contributed by atoms with E-state index in [2.05, 4.69) is 32.0 Å². The summed E-state index contributed by atoms with van der Waals surface area (Å²) in [5.41, 5.74) is 5.35. The standard InChI is InChI=1S/C21H26ClF2N5/c1-25-8-7-18(14-17(27-26-2)13-16-15-21(16,23)24)28-9-11-29(12-10-28)20-6-4-3-5-19(20)22/h3-8,14,16,27H,2,9-13,15H2,1H3. The maximum atomic E-state index is 13.4. The van der Waals surface area contributed by atoms with E-state index >= 15 is 0 Å². The molecule has 8 heteroatoms. The van der Waals surface area contributed by atoms with E-state index in [1.807, 2.05) is 36.4 Å². The van der Waals surface area contributed by atoms with Crippen molar-refractivity contribution in [3.05, 3.63) is 52.8 Å². The maximum Gasteiger partial charge on any atom is 0.252 e. The number of benzene rings is 1. The van der Waals surface area contributed by atoms with Gasteiger partial charge in [0.05, 0.1) is 10.7 Å². The highest BCUT2D eigenvalue weighted by atomic mass is 35.5. The first-order valence-electron chi connectivity index (χ1n) is 9.61. The molecular formula is C21H26ClF2N5. The predicted octanol–water partition coefficient (Wildman–Crippen LogP) is 4.18. The normalized spacial score (nSPS) is 22.1. The number of halogens is 3. The van der Waals surface area contributed by atoms with Crippen LogP contribution in [0.1, 0.15) is 12.8 Å². The van der Waals surface area contributed by atoms with Crippen LogP contribution < -0.4 is 10.3 Å². The molecule has 0 amide bonds. The zero-order valence-corrected chi connectivity index (χ0v) is 17.2. The van der Waals surface area contributed by atoms with E-state index < -0.39 is 11.8 Å². The molecule has 0 radical (unpaired) electrons. The van der Waals surface area contributed by atoms with Gasteiger partial charge in [-0.1, -0.05) is 23.7 Å². The summed E-state index contributed by atoms with van der Waals surface area (Å²) in [7, 11) is 1.70. The fourth-order valence-electron chi connectivity index (χ4n) is 3.48. The van der Waals surface area contributed by atoms with Gasteiger partial charge in [0.15, 0.2) is 0 Å². The van der Waals surface area contributed by atoms with Gasteiger partial charge in [-0.05, 0) is 30.7 Å².